The van der Waals surface area contributed by atoms with Crippen LogP contribution < -0.4 is 10.6 Å². The van der Waals surface area contributed by atoms with Crippen LogP contribution in [0.15, 0.2) is 60.7 Å². The van der Waals surface area contributed by atoms with Crippen molar-refractivity contribution in [3.05, 3.63) is 60.7 Å². The van der Waals surface area contributed by atoms with Crippen LogP contribution in [0.3, 0.4) is 0 Å². The highest BCUT2D eigenvalue weighted by molar-refractivity contribution is 7.78. The van der Waals surface area contributed by atoms with Gasteiger partial charge in [-0.1, -0.05) is 60.7 Å². The predicted molar refractivity (Wildman–Crippen MR) is 85.9 cm³/mol. The number of esters is 1. The van der Waals surface area contributed by atoms with Gasteiger partial charge in [-0.2, -0.15) is 0 Å². The van der Waals surface area contributed by atoms with Crippen molar-refractivity contribution in [1.29, 1.82) is 0 Å². The molecule has 0 saturated heterocycles. The molecule has 2 aromatic carbocycles. The van der Waals surface area contributed by atoms with Crippen molar-refractivity contribution in [2.24, 2.45) is 0 Å². The number of ether oxygens (including phenoxy) is 1. The monoisotopic (exact) mass is 302 g/mol. The average molecular weight is 302 g/mol. The van der Waals surface area contributed by atoms with Crippen molar-refractivity contribution >= 4 is 23.7 Å². The lowest BCUT2D eigenvalue weighted by Gasteiger charge is -2.19. The number of hydrogen-bond donors (Lipinski definition) is 0. The largest absolute Gasteiger partial charge is 0.469 e. The lowest BCUT2D eigenvalue weighted by molar-refractivity contribution is -0.140. The zero-order valence-corrected chi connectivity index (χ0v) is 13.0. The third kappa shape index (κ3) is 3.83. The number of carbonyl (C=O) groups is 1. The highest BCUT2D eigenvalue weighted by Crippen LogP contribution is 2.44. The van der Waals surface area contributed by atoms with E-state index < -0.39 is 7.14 Å². The van der Waals surface area contributed by atoms with Crippen molar-refractivity contribution in [1.82, 2.24) is 0 Å². The molecule has 0 saturated carbocycles. The summed E-state index contributed by atoms with van der Waals surface area (Å²) >= 11 is 0. The highest BCUT2D eigenvalue weighted by atomic mass is 31.2. The summed E-state index contributed by atoms with van der Waals surface area (Å²) in [5.74, 6) is -0.261. The average Bonchev–Trinajstić information content (AvgIpc) is 2.56. The normalized spacial score (nSPS) is 11.1. The van der Waals surface area contributed by atoms with E-state index in [1.807, 2.05) is 60.7 Å². The molecule has 4 heteroatoms. The van der Waals surface area contributed by atoms with Crippen LogP contribution >= 0.6 is 7.14 Å². The molecule has 110 valence electrons. The number of rotatable bonds is 6. The summed E-state index contributed by atoms with van der Waals surface area (Å²) in [4.78, 5) is 11.3. The Hall–Kier alpha value is -1.86. The van der Waals surface area contributed by atoms with Crippen LogP contribution in [0.4, 0.5) is 0 Å². The minimum absolute atomic E-state index is 0.261. The van der Waals surface area contributed by atoms with E-state index in [0.29, 0.717) is 19.0 Å². The molecule has 0 amide bonds. The molecule has 2 rings (SSSR count). The first kappa shape index (κ1) is 15.5. The predicted octanol–water partition coefficient (Wildman–Crippen LogP) is 2.95. The molecule has 0 N–H and O–H groups in total. The van der Waals surface area contributed by atoms with Gasteiger partial charge in [0.1, 0.15) is 7.14 Å². The Labute approximate surface area is 125 Å². The van der Waals surface area contributed by atoms with Gasteiger partial charge in [-0.3, -0.25) is 4.79 Å². The van der Waals surface area contributed by atoms with Crippen LogP contribution in [0.25, 0.3) is 0 Å². The molecule has 2 aromatic rings. The first-order chi connectivity index (χ1) is 10.2. The first-order valence-electron chi connectivity index (χ1n) is 6.94. The maximum absolute atomic E-state index is 13.5. The second-order valence-electron chi connectivity index (χ2n) is 4.81. The Morgan fingerprint density at radius 3 is 1.86 bits per heavy atom. The molecule has 0 aromatic heterocycles. The first-order valence-corrected chi connectivity index (χ1v) is 8.83. The highest BCUT2D eigenvalue weighted by Gasteiger charge is 2.26. The van der Waals surface area contributed by atoms with Gasteiger partial charge in [0.2, 0.25) is 0 Å². The molecule has 0 radical (unpaired) electrons. The molecule has 0 unspecified atom stereocenters. The minimum Gasteiger partial charge on any atom is -0.469 e. The Bertz CT molecular complexity index is 579. The fourth-order valence-electron chi connectivity index (χ4n) is 2.29. The molecule has 0 bridgehead atoms. The Morgan fingerprint density at radius 2 is 1.43 bits per heavy atom. The Kier molecular flexibility index (Phi) is 5.35. The topological polar surface area (TPSA) is 43.4 Å². The van der Waals surface area contributed by atoms with Gasteiger partial charge in [-0.25, -0.2) is 0 Å². The summed E-state index contributed by atoms with van der Waals surface area (Å²) in [6, 6.07) is 19.0. The summed E-state index contributed by atoms with van der Waals surface area (Å²) in [6.07, 6.45) is 1.31. The van der Waals surface area contributed by atoms with Crippen LogP contribution in [0.5, 0.6) is 0 Å². The zero-order valence-electron chi connectivity index (χ0n) is 12.1. The van der Waals surface area contributed by atoms with E-state index in [1.54, 1.807) is 0 Å². The zero-order chi connectivity index (χ0) is 15.1. The van der Waals surface area contributed by atoms with Crippen molar-refractivity contribution in [2.75, 3.05) is 13.3 Å². The molecule has 0 aliphatic carbocycles. The second kappa shape index (κ2) is 7.24. The standard InChI is InChI=1S/C17H19O3P/c1-20-17(18)13-8-14-21(19,15-9-4-2-5-10-15)16-11-6-3-7-12-16/h2-7,9-12H,8,13-14H2,1H3. The van der Waals surface area contributed by atoms with Gasteiger partial charge in [-0.05, 0) is 6.42 Å². The van der Waals surface area contributed by atoms with Gasteiger partial charge in [0.25, 0.3) is 0 Å². The summed E-state index contributed by atoms with van der Waals surface area (Å²) < 4.78 is 18.2. The number of methoxy groups -OCH3 is 1. The molecule has 0 atom stereocenters. The van der Waals surface area contributed by atoms with E-state index in [2.05, 4.69) is 4.74 Å². The maximum Gasteiger partial charge on any atom is 0.305 e. The van der Waals surface area contributed by atoms with E-state index in [-0.39, 0.29) is 5.97 Å². The van der Waals surface area contributed by atoms with E-state index in [1.165, 1.54) is 7.11 Å². The van der Waals surface area contributed by atoms with Crippen LogP contribution in [-0.2, 0) is 14.1 Å². The third-order valence-electron chi connectivity index (χ3n) is 3.43. The van der Waals surface area contributed by atoms with Crippen molar-refractivity contribution in [2.45, 2.75) is 12.8 Å². The molecular weight excluding hydrogens is 283 g/mol. The molecule has 21 heavy (non-hydrogen) atoms. The third-order valence-corrected chi connectivity index (χ3v) is 6.64. The Balaban J connectivity index is 2.27. The Morgan fingerprint density at radius 1 is 0.952 bits per heavy atom. The summed E-state index contributed by atoms with van der Waals surface area (Å²) in [5, 5.41) is 1.67. The van der Waals surface area contributed by atoms with Crippen LogP contribution in [-0.4, -0.2) is 19.2 Å². The summed E-state index contributed by atoms with van der Waals surface area (Å²) in [5.41, 5.74) is 0. The van der Waals surface area contributed by atoms with E-state index in [0.717, 1.165) is 10.6 Å². The van der Waals surface area contributed by atoms with Gasteiger partial charge < -0.3 is 9.30 Å². The molecule has 0 spiro atoms. The van der Waals surface area contributed by atoms with Crippen molar-refractivity contribution in [3.8, 4) is 0 Å². The number of carbonyl (C=O) groups excluding carboxylic acids is 1. The minimum atomic E-state index is -2.70. The fourth-order valence-corrected chi connectivity index (χ4v) is 5.02. The van der Waals surface area contributed by atoms with Gasteiger partial charge in [-0.15, -0.1) is 0 Å². The van der Waals surface area contributed by atoms with Gasteiger partial charge in [0.15, 0.2) is 0 Å². The van der Waals surface area contributed by atoms with E-state index in [9.17, 15) is 9.36 Å². The van der Waals surface area contributed by atoms with E-state index >= 15 is 0 Å². The summed E-state index contributed by atoms with van der Waals surface area (Å²) in [7, 11) is -1.33. The van der Waals surface area contributed by atoms with Crippen molar-refractivity contribution < 1.29 is 14.1 Å². The molecule has 0 fully saturated rings. The van der Waals surface area contributed by atoms with Gasteiger partial charge in [0, 0.05) is 23.2 Å². The molecule has 0 aliphatic rings. The molecular formula is C17H19O3P. The quantitative estimate of drug-likeness (QED) is 0.608. The molecule has 0 aliphatic heterocycles. The van der Waals surface area contributed by atoms with Crippen LogP contribution in [0.1, 0.15) is 12.8 Å². The molecule has 3 nitrogen and oxygen atoms in total. The number of hydrogen-bond acceptors (Lipinski definition) is 3. The smallest absolute Gasteiger partial charge is 0.305 e. The summed E-state index contributed by atoms with van der Waals surface area (Å²) in [6.45, 7) is 0. The van der Waals surface area contributed by atoms with Gasteiger partial charge >= 0.3 is 5.97 Å². The lowest BCUT2D eigenvalue weighted by atomic mass is 10.3. The van der Waals surface area contributed by atoms with Gasteiger partial charge in [0.05, 0.1) is 7.11 Å². The SMILES string of the molecule is COC(=O)CCCP(=O)(c1ccccc1)c1ccccc1. The maximum atomic E-state index is 13.5. The molecule has 0 heterocycles. The van der Waals surface area contributed by atoms with E-state index in [4.69, 9.17) is 0 Å². The number of benzene rings is 2. The second-order valence-corrected chi connectivity index (χ2v) is 7.77. The van der Waals surface area contributed by atoms with Crippen LogP contribution in [0, 0.1) is 0 Å². The lowest BCUT2D eigenvalue weighted by Crippen LogP contribution is -2.19. The van der Waals surface area contributed by atoms with Crippen LogP contribution in [0.2, 0.25) is 0 Å². The fraction of sp³-hybridized carbons (Fsp3) is 0.235. The van der Waals surface area contributed by atoms with Crippen molar-refractivity contribution in [3.63, 3.8) is 0 Å².